The summed E-state index contributed by atoms with van der Waals surface area (Å²) >= 11 is 0. The van der Waals surface area contributed by atoms with Crippen molar-refractivity contribution in [1.29, 1.82) is 0 Å². The van der Waals surface area contributed by atoms with Crippen molar-refractivity contribution in [3.05, 3.63) is 30.3 Å². The summed E-state index contributed by atoms with van der Waals surface area (Å²) in [5, 5.41) is 3.24. The van der Waals surface area contributed by atoms with Gasteiger partial charge in [-0.1, -0.05) is 18.2 Å². The zero-order valence-corrected chi connectivity index (χ0v) is 12.5. The average molecular weight is 287 g/mol. The first-order chi connectivity index (χ1) is 10.2. The molecule has 1 aliphatic heterocycles. The highest BCUT2D eigenvalue weighted by atomic mass is 16.2. The van der Waals surface area contributed by atoms with Crippen LogP contribution in [0.3, 0.4) is 0 Å². The summed E-state index contributed by atoms with van der Waals surface area (Å²) in [4.78, 5) is 14.7. The summed E-state index contributed by atoms with van der Waals surface area (Å²) in [6.45, 7) is 1.99. The molecule has 4 heteroatoms. The number of carbonyl (C=O) groups excluding carboxylic acids is 1. The maximum atomic E-state index is 12.3. The first-order valence-corrected chi connectivity index (χ1v) is 8.08. The van der Waals surface area contributed by atoms with E-state index in [0.29, 0.717) is 0 Å². The zero-order valence-electron chi connectivity index (χ0n) is 12.5. The monoisotopic (exact) mass is 287 g/mol. The number of nitrogens with zero attached hydrogens (tertiary/aromatic N) is 1. The average Bonchev–Trinajstić information content (AvgIpc) is 2.95. The molecule has 2 aliphatic rings. The lowest BCUT2D eigenvalue weighted by Crippen LogP contribution is -2.49. The Morgan fingerprint density at radius 2 is 2.00 bits per heavy atom. The summed E-state index contributed by atoms with van der Waals surface area (Å²) in [5.41, 5.74) is 7.16. The van der Waals surface area contributed by atoms with Crippen molar-refractivity contribution in [1.82, 2.24) is 5.32 Å². The Morgan fingerprint density at radius 3 is 2.71 bits per heavy atom. The van der Waals surface area contributed by atoms with Crippen molar-refractivity contribution in [3.63, 3.8) is 0 Å². The molecule has 1 aromatic carbocycles. The fraction of sp³-hybridized carbons (Fsp3) is 0.588. The minimum atomic E-state index is 0.132. The van der Waals surface area contributed by atoms with Crippen molar-refractivity contribution in [2.24, 2.45) is 11.7 Å². The molecule has 2 fully saturated rings. The Morgan fingerprint density at radius 1 is 1.19 bits per heavy atom. The molecule has 1 amide bonds. The predicted octanol–water partition coefficient (Wildman–Crippen LogP) is 1.90. The standard InChI is InChI=1S/C17H25N3O/c18-14-9-8-13(11-14)17(21)19-15-5-4-10-20(12-15)16-6-2-1-3-7-16/h1-3,6-7,13-15H,4-5,8-12,18H2,(H,19,21). The zero-order chi connectivity index (χ0) is 14.7. The number of amides is 1. The molecular formula is C17H25N3O. The lowest BCUT2D eigenvalue weighted by Gasteiger charge is -2.35. The van der Waals surface area contributed by atoms with Gasteiger partial charge in [0.25, 0.3) is 0 Å². The van der Waals surface area contributed by atoms with E-state index >= 15 is 0 Å². The van der Waals surface area contributed by atoms with E-state index in [2.05, 4.69) is 34.5 Å². The number of rotatable bonds is 3. The van der Waals surface area contributed by atoms with Crippen LogP contribution in [0.5, 0.6) is 0 Å². The molecule has 21 heavy (non-hydrogen) atoms. The molecule has 1 saturated carbocycles. The number of anilines is 1. The lowest BCUT2D eigenvalue weighted by molar-refractivity contribution is -0.125. The SMILES string of the molecule is NC1CCC(C(=O)NC2CCCN(c3ccccc3)C2)C1. The van der Waals surface area contributed by atoms with Crippen molar-refractivity contribution in [2.45, 2.75) is 44.2 Å². The first-order valence-electron chi connectivity index (χ1n) is 8.08. The number of para-hydroxylation sites is 1. The van der Waals surface area contributed by atoms with Crippen LogP contribution in [0, 0.1) is 5.92 Å². The summed E-state index contributed by atoms with van der Waals surface area (Å²) < 4.78 is 0. The molecule has 1 aliphatic carbocycles. The van der Waals surface area contributed by atoms with Crippen LogP contribution in [0.4, 0.5) is 5.69 Å². The van der Waals surface area contributed by atoms with Crippen LogP contribution in [-0.2, 0) is 4.79 Å². The van der Waals surface area contributed by atoms with Crippen LogP contribution >= 0.6 is 0 Å². The van der Waals surface area contributed by atoms with E-state index in [1.54, 1.807) is 0 Å². The van der Waals surface area contributed by atoms with E-state index in [1.165, 1.54) is 5.69 Å². The number of nitrogens with one attached hydrogen (secondary N) is 1. The largest absolute Gasteiger partial charge is 0.369 e. The number of nitrogens with two attached hydrogens (primary N) is 1. The Hall–Kier alpha value is -1.55. The van der Waals surface area contributed by atoms with Gasteiger partial charge in [0.1, 0.15) is 0 Å². The maximum Gasteiger partial charge on any atom is 0.223 e. The summed E-state index contributed by atoms with van der Waals surface area (Å²) in [5.74, 6) is 0.343. The second kappa shape index (κ2) is 6.48. The van der Waals surface area contributed by atoms with Gasteiger partial charge in [0, 0.05) is 36.8 Å². The molecule has 114 valence electrons. The highest BCUT2D eigenvalue weighted by molar-refractivity contribution is 5.79. The van der Waals surface area contributed by atoms with Crippen LogP contribution < -0.4 is 16.0 Å². The van der Waals surface area contributed by atoms with E-state index in [-0.39, 0.29) is 23.9 Å². The van der Waals surface area contributed by atoms with Crippen molar-refractivity contribution >= 4 is 11.6 Å². The molecule has 1 saturated heterocycles. The number of piperidine rings is 1. The van der Waals surface area contributed by atoms with E-state index in [0.717, 1.165) is 45.2 Å². The van der Waals surface area contributed by atoms with Crippen LogP contribution in [0.25, 0.3) is 0 Å². The summed E-state index contributed by atoms with van der Waals surface area (Å²) in [7, 11) is 0. The third-order valence-corrected chi connectivity index (χ3v) is 4.73. The van der Waals surface area contributed by atoms with Gasteiger partial charge in [-0.15, -0.1) is 0 Å². The second-order valence-electron chi connectivity index (χ2n) is 6.40. The Balaban J connectivity index is 1.55. The summed E-state index contributed by atoms with van der Waals surface area (Å²) in [6, 6.07) is 10.9. The van der Waals surface area contributed by atoms with Gasteiger partial charge in [-0.25, -0.2) is 0 Å². The van der Waals surface area contributed by atoms with Crippen molar-refractivity contribution in [3.8, 4) is 0 Å². The topological polar surface area (TPSA) is 58.4 Å². The minimum absolute atomic E-state index is 0.132. The Labute approximate surface area is 126 Å². The molecule has 4 nitrogen and oxygen atoms in total. The molecule has 0 aromatic heterocycles. The molecule has 0 bridgehead atoms. The molecule has 3 N–H and O–H groups in total. The van der Waals surface area contributed by atoms with Crippen molar-refractivity contribution in [2.75, 3.05) is 18.0 Å². The smallest absolute Gasteiger partial charge is 0.223 e. The minimum Gasteiger partial charge on any atom is -0.369 e. The van der Waals surface area contributed by atoms with Crippen LogP contribution in [0.15, 0.2) is 30.3 Å². The lowest BCUT2D eigenvalue weighted by atomic mass is 10.0. The fourth-order valence-electron chi connectivity index (χ4n) is 3.54. The normalized spacial score (nSPS) is 29.4. The van der Waals surface area contributed by atoms with Gasteiger partial charge in [0.15, 0.2) is 0 Å². The molecule has 3 atom stereocenters. The molecule has 1 aromatic rings. The molecule has 1 heterocycles. The second-order valence-corrected chi connectivity index (χ2v) is 6.40. The van der Waals surface area contributed by atoms with Gasteiger partial charge < -0.3 is 16.0 Å². The number of carbonyl (C=O) groups is 1. The van der Waals surface area contributed by atoms with Gasteiger partial charge in [0.2, 0.25) is 5.91 Å². The highest BCUT2D eigenvalue weighted by Gasteiger charge is 2.30. The van der Waals surface area contributed by atoms with Gasteiger partial charge in [-0.2, -0.15) is 0 Å². The number of benzene rings is 1. The van der Waals surface area contributed by atoms with E-state index in [4.69, 9.17) is 5.73 Å². The van der Waals surface area contributed by atoms with Crippen LogP contribution in [-0.4, -0.2) is 31.1 Å². The van der Waals surface area contributed by atoms with E-state index in [1.807, 2.05) is 6.07 Å². The molecule has 0 radical (unpaired) electrons. The first kappa shape index (κ1) is 14.4. The predicted molar refractivity (Wildman–Crippen MR) is 85.1 cm³/mol. The van der Waals surface area contributed by atoms with E-state index < -0.39 is 0 Å². The molecule has 0 spiro atoms. The van der Waals surface area contributed by atoms with E-state index in [9.17, 15) is 4.79 Å². The van der Waals surface area contributed by atoms with Crippen molar-refractivity contribution < 1.29 is 4.79 Å². The van der Waals surface area contributed by atoms with Gasteiger partial charge in [-0.3, -0.25) is 4.79 Å². The molecule has 3 unspecified atom stereocenters. The molecular weight excluding hydrogens is 262 g/mol. The van der Waals surface area contributed by atoms with Crippen LogP contribution in [0.2, 0.25) is 0 Å². The highest BCUT2D eigenvalue weighted by Crippen LogP contribution is 2.25. The third-order valence-electron chi connectivity index (χ3n) is 4.73. The van der Waals surface area contributed by atoms with Crippen LogP contribution in [0.1, 0.15) is 32.1 Å². The van der Waals surface area contributed by atoms with Gasteiger partial charge >= 0.3 is 0 Å². The maximum absolute atomic E-state index is 12.3. The summed E-state index contributed by atoms with van der Waals surface area (Å²) in [6.07, 6.45) is 4.99. The Kier molecular flexibility index (Phi) is 4.44. The quantitative estimate of drug-likeness (QED) is 0.892. The van der Waals surface area contributed by atoms with Gasteiger partial charge in [-0.05, 0) is 44.2 Å². The van der Waals surface area contributed by atoms with Gasteiger partial charge in [0.05, 0.1) is 0 Å². The number of hydrogen-bond donors (Lipinski definition) is 2. The third kappa shape index (κ3) is 3.56. The Bertz CT molecular complexity index is 476. The number of hydrogen-bond acceptors (Lipinski definition) is 3. The fourth-order valence-corrected chi connectivity index (χ4v) is 3.54. The molecule has 3 rings (SSSR count).